The number of hydrogen-bond acceptors (Lipinski definition) is 6. The van der Waals surface area contributed by atoms with Gasteiger partial charge in [0.15, 0.2) is 0 Å². The first kappa shape index (κ1) is 15.6. The largest absolute Gasteiger partial charge is 0.387 e. The van der Waals surface area contributed by atoms with Crippen molar-refractivity contribution in [3.8, 4) is 6.07 Å². The first-order valence-corrected chi connectivity index (χ1v) is 7.81. The summed E-state index contributed by atoms with van der Waals surface area (Å²) in [6.45, 7) is 2.32. The Morgan fingerprint density at radius 2 is 2.43 bits per heavy atom. The molecule has 2 atom stereocenters. The quantitative estimate of drug-likeness (QED) is 0.619. The highest BCUT2D eigenvalue weighted by Gasteiger charge is 2.45. The highest BCUT2D eigenvalue weighted by Crippen LogP contribution is 2.41. The molecule has 1 aliphatic carbocycles. The fraction of sp³-hybridized carbons (Fsp3) is 0.500. The predicted molar refractivity (Wildman–Crippen MR) is 82.4 cm³/mol. The second-order valence-electron chi connectivity index (χ2n) is 5.04. The number of anilines is 1. The number of thioether (sulfide) groups is 1. The van der Waals surface area contributed by atoms with Gasteiger partial charge in [0.05, 0.1) is 22.2 Å². The fourth-order valence-electron chi connectivity index (χ4n) is 2.39. The molecule has 7 heteroatoms. The van der Waals surface area contributed by atoms with E-state index >= 15 is 0 Å². The van der Waals surface area contributed by atoms with Crippen molar-refractivity contribution in [3.05, 3.63) is 33.9 Å². The van der Waals surface area contributed by atoms with Gasteiger partial charge in [-0.15, -0.1) is 0 Å². The van der Waals surface area contributed by atoms with Gasteiger partial charge in [0.25, 0.3) is 5.69 Å². The van der Waals surface area contributed by atoms with E-state index in [0.29, 0.717) is 12.1 Å². The maximum Gasteiger partial charge on any atom is 0.293 e. The first-order valence-electron chi connectivity index (χ1n) is 6.76. The third-order valence-corrected chi connectivity index (χ3v) is 5.13. The molecule has 0 bridgehead atoms. The van der Waals surface area contributed by atoms with Crippen LogP contribution in [0.5, 0.6) is 0 Å². The lowest BCUT2D eigenvalue weighted by Crippen LogP contribution is -2.54. The molecule has 1 aliphatic rings. The molecule has 112 valence electrons. The Morgan fingerprint density at radius 3 is 2.95 bits per heavy atom. The van der Waals surface area contributed by atoms with E-state index in [-0.39, 0.29) is 23.0 Å². The summed E-state index contributed by atoms with van der Waals surface area (Å²) in [6, 6.07) is 6.17. The summed E-state index contributed by atoms with van der Waals surface area (Å²) < 4.78 is 0. The molecule has 0 saturated heterocycles. The SMILES string of the molecule is CCSC1CCC1(O)CNc1ccc(C#N)cc1[N+](=O)[O-]. The van der Waals surface area contributed by atoms with Crippen LogP contribution in [-0.4, -0.2) is 33.2 Å². The highest BCUT2D eigenvalue weighted by atomic mass is 32.2. The Bertz CT molecular complexity index is 587. The van der Waals surface area contributed by atoms with Crippen LogP contribution in [0.3, 0.4) is 0 Å². The van der Waals surface area contributed by atoms with E-state index in [4.69, 9.17) is 5.26 Å². The molecule has 1 aromatic carbocycles. The molecule has 2 N–H and O–H groups in total. The van der Waals surface area contributed by atoms with Crippen molar-refractivity contribution >= 4 is 23.1 Å². The Kier molecular flexibility index (Phi) is 4.70. The minimum Gasteiger partial charge on any atom is -0.387 e. The Balaban J connectivity index is 2.10. The average molecular weight is 307 g/mol. The lowest BCUT2D eigenvalue weighted by atomic mass is 9.79. The Hall–Kier alpha value is -1.78. The number of nitro benzene ring substituents is 1. The molecular formula is C14H17N3O3S. The van der Waals surface area contributed by atoms with Crippen molar-refractivity contribution < 1.29 is 10.0 Å². The van der Waals surface area contributed by atoms with Gasteiger partial charge < -0.3 is 10.4 Å². The monoisotopic (exact) mass is 307 g/mol. The normalized spacial score (nSPS) is 24.0. The summed E-state index contributed by atoms with van der Waals surface area (Å²) in [5.74, 6) is 0.935. The van der Waals surface area contributed by atoms with Gasteiger partial charge in [-0.2, -0.15) is 17.0 Å². The molecule has 0 aliphatic heterocycles. The summed E-state index contributed by atoms with van der Waals surface area (Å²) in [4.78, 5) is 10.5. The van der Waals surface area contributed by atoms with Crippen LogP contribution in [0, 0.1) is 21.4 Å². The van der Waals surface area contributed by atoms with E-state index in [9.17, 15) is 15.2 Å². The molecule has 2 rings (SSSR count). The third kappa shape index (κ3) is 3.28. The van der Waals surface area contributed by atoms with E-state index in [1.54, 1.807) is 11.8 Å². The van der Waals surface area contributed by atoms with E-state index < -0.39 is 10.5 Å². The van der Waals surface area contributed by atoms with Gasteiger partial charge in [0.2, 0.25) is 0 Å². The maximum atomic E-state index is 11.1. The van der Waals surface area contributed by atoms with Crippen LogP contribution in [0.4, 0.5) is 11.4 Å². The van der Waals surface area contributed by atoms with Crippen LogP contribution in [0.1, 0.15) is 25.3 Å². The number of rotatable bonds is 6. The Morgan fingerprint density at radius 1 is 1.67 bits per heavy atom. The zero-order valence-corrected chi connectivity index (χ0v) is 12.5. The molecule has 0 spiro atoms. The molecule has 2 unspecified atom stereocenters. The number of aliphatic hydroxyl groups is 1. The van der Waals surface area contributed by atoms with Crippen molar-refractivity contribution in [1.29, 1.82) is 5.26 Å². The first-order chi connectivity index (χ1) is 10.00. The average Bonchev–Trinajstić information content (AvgIpc) is 2.48. The van der Waals surface area contributed by atoms with Gasteiger partial charge in [-0.05, 0) is 30.7 Å². The van der Waals surface area contributed by atoms with Gasteiger partial charge >= 0.3 is 0 Å². The molecule has 0 radical (unpaired) electrons. The van der Waals surface area contributed by atoms with Crippen molar-refractivity contribution in [2.24, 2.45) is 0 Å². The summed E-state index contributed by atoms with van der Waals surface area (Å²) >= 11 is 1.71. The lowest BCUT2D eigenvalue weighted by molar-refractivity contribution is -0.384. The smallest absolute Gasteiger partial charge is 0.293 e. The Labute approximate surface area is 127 Å². The van der Waals surface area contributed by atoms with E-state index in [0.717, 1.165) is 12.2 Å². The van der Waals surface area contributed by atoms with Crippen molar-refractivity contribution in [2.45, 2.75) is 30.6 Å². The van der Waals surface area contributed by atoms with Gasteiger partial charge in [0.1, 0.15) is 5.69 Å². The molecule has 1 saturated carbocycles. The standard InChI is InChI=1S/C14H17N3O3S/c1-2-21-13-5-6-14(13,18)9-16-11-4-3-10(8-15)7-12(11)17(19)20/h3-4,7,13,16,18H,2,5-6,9H2,1H3. The fourth-order valence-corrected chi connectivity index (χ4v) is 3.59. The number of benzene rings is 1. The van der Waals surface area contributed by atoms with Crippen LogP contribution in [0.15, 0.2) is 18.2 Å². The lowest BCUT2D eigenvalue weighted by Gasteiger charge is -2.45. The summed E-state index contributed by atoms with van der Waals surface area (Å²) in [5.41, 5.74) is -0.382. The predicted octanol–water partition coefficient (Wildman–Crippen LogP) is 2.52. The van der Waals surface area contributed by atoms with Crippen LogP contribution in [-0.2, 0) is 0 Å². The molecule has 0 aromatic heterocycles. The van der Waals surface area contributed by atoms with Crippen LogP contribution >= 0.6 is 11.8 Å². The topological polar surface area (TPSA) is 99.2 Å². The van der Waals surface area contributed by atoms with Crippen LogP contribution in [0.2, 0.25) is 0 Å². The second kappa shape index (κ2) is 6.33. The molecule has 21 heavy (non-hydrogen) atoms. The zero-order chi connectivity index (χ0) is 15.5. The van der Waals surface area contributed by atoms with Crippen LogP contribution in [0.25, 0.3) is 0 Å². The van der Waals surface area contributed by atoms with E-state index in [2.05, 4.69) is 5.32 Å². The van der Waals surface area contributed by atoms with Crippen molar-refractivity contribution in [3.63, 3.8) is 0 Å². The van der Waals surface area contributed by atoms with E-state index in [1.807, 2.05) is 13.0 Å². The third-order valence-electron chi connectivity index (χ3n) is 3.72. The number of nitriles is 1. The van der Waals surface area contributed by atoms with Gasteiger partial charge in [-0.25, -0.2) is 0 Å². The van der Waals surface area contributed by atoms with Gasteiger partial charge in [-0.3, -0.25) is 10.1 Å². The maximum absolute atomic E-state index is 11.1. The molecular weight excluding hydrogens is 290 g/mol. The molecule has 6 nitrogen and oxygen atoms in total. The molecule has 1 aromatic rings. The molecule has 0 amide bonds. The number of nitrogens with zero attached hydrogens (tertiary/aromatic N) is 2. The number of nitrogens with one attached hydrogen (secondary N) is 1. The number of hydrogen-bond donors (Lipinski definition) is 2. The summed E-state index contributed by atoms with van der Waals surface area (Å²) in [7, 11) is 0. The van der Waals surface area contributed by atoms with Gasteiger partial charge in [0, 0.05) is 17.9 Å². The van der Waals surface area contributed by atoms with Crippen molar-refractivity contribution in [2.75, 3.05) is 17.6 Å². The van der Waals surface area contributed by atoms with Crippen molar-refractivity contribution in [1.82, 2.24) is 0 Å². The second-order valence-corrected chi connectivity index (χ2v) is 6.52. The highest BCUT2D eigenvalue weighted by molar-refractivity contribution is 8.00. The van der Waals surface area contributed by atoms with Crippen LogP contribution < -0.4 is 5.32 Å². The zero-order valence-electron chi connectivity index (χ0n) is 11.7. The number of nitro groups is 1. The summed E-state index contributed by atoms with van der Waals surface area (Å²) in [6.07, 6.45) is 1.66. The minimum absolute atomic E-state index is 0.142. The minimum atomic E-state index is -0.817. The summed E-state index contributed by atoms with van der Waals surface area (Å²) in [5, 5.41) is 33.5. The van der Waals surface area contributed by atoms with Gasteiger partial charge in [-0.1, -0.05) is 6.92 Å². The molecule has 0 heterocycles. The van der Waals surface area contributed by atoms with E-state index in [1.165, 1.54) is 18.2 Å². The molecule has 1 fully saturated rings.